The van der Waals surface area contributed by atoms with Gasteiger partial charge in [0.2, 0.25) is 0 Å². The number of piperidine rings is 1. The Labute approximate surface area is 180 Å². The van der Waals surface area contributed by atoms with Gasteiger partial charge in [-0.15, -0.1) is 11.3 Å². The van der Waals surface area contributed by atoms with Gasteiger partial charge in [-0.05, 0) is 55.1 Å². The molecule has 0 aliphatic carbocycles. The maximum Gasteiger partial charge on any atom is 0.270 e. The molecule has 1 N–H and O–H groups in total. The van der Waals surface area contributed by atoms with Gasteiger partial charge >= 0.3 is 0 Å². The highest BCUT2D eigenvalue weighted by atomic mass is 32.1. The summed E-state index contributed by atoms with van der Waals surface area (Å²) < 4.78 is 5.36. The maximum absolute atomic E-state index is 12.8. The molecule has 0 bridgehead atoms. The fourth-order valence-electron chi connectivity index (χ4n) is 4.02. The highest BCUT2D eigenvalue weighted by molar-refractivity contribution is 7.09. The van der Waals surface area contributed by atoms with Crippen molar-refractivity contribution in [3.8, 4) is 5.75 Å². The quantitative estimate of drug-likeness (QED) is 0.625. The second-order valence-electron chi connectivity index (χ2n) is 7.53. The van der Waals surface area contributed by atoms with Crippen LogP contribution in [0.5, 0.6) is 5.75 Å². The zero-order chi connectivity index (χ0) is 20.8. The summed E-state index contributed by atoms with van der Waals surface area (Å²) in [5.74, 6) is 1.02. The van der Waals surface area contributed by atoms with Crippen molar-refractivity contribution in [3.63, 3.8) is 0 Å². The Morgan fingerprint density at radius 3 is 2.97 bits per heavy atom. The minimum absolute atomic E-state index is 0.118. The van der Waals surface area contributed by atoms with Crippen molar-refractivity contribution in [2.24, 2.45) is 5.92 Å². The number of aromatic nitrogens is 2. The molecule has 1 amide bonds. The topological polar surface area (TPSA) is 67.3 Å². The van der Waals surface area contributed by atoms with E-state index in [1.165, 1.54) is 5.56 Å². The van der Waals surface area contributed by atoms with Gasteiger partial charge in [0.15, 0.2) is 0 Å². The predicted octanol–water partition coefficient (Wildman–Crippen LogP) is 3.93. The van der Waals surface area contributed by atoms with Crippen LogP contribution in [0.15, 0.2) is 60.2 Å². The number of likely N-dealkylation sites (tertiary alicyclic amines) is 1. The normalized spacial score (nSPS) is 18.0. The standard InChI is InChI=1S/C23H26N4O2S/c1-29-19-8-4-6-17(14-19)15-27-12-5-7-18(16-27)21(23-25-11-13-30-23)26-22(28)20-9-2-3-10-24-20/h2-4,6,8-11,13-14,18,21H,5,7,12,15-16H2,1H3,(H,26,28)/t18-,21+/m1/s1. The minimum atomic E-state index is -0.152. The molecular formula is C23H26N4O2S. The third-order valence-electron chi connectivity index (χ3n) is 5.46. The number of nitrogens with zero attached hydrogens (tertiary/aromatic N) is 3. The van der Waals surface area contributed by atoms with Gasteiger partial charge in [-0.25, -0.2) is 4.98 Å². The van der Waals surface area contributed by atoms with E-state index in [9.17, 15) is 4.79 Å². The summed E-state index contributed by atoms with van der Waals surface area (Å²) in [6, 6.07) is 13.5. The van der Waals surface area contributed by atoms with Crippen molar-refractivity contribution in [2.75, 3.05) is 20.2 Å². The highest BCUT2D eigenvalue weighted by Crippen LogP contribution is 2.32. The number of carbonyl (C=O) groups is 1. The maximum atomic E-state index is 12.8. The molecule has 1 aliphatic rings. The average molecular weight is 423 g/mol. The lowest BCUT2D eigenvalue weighted by Crippen LogP contribution is -2.42. The van der Waals surface area contributed by atoms with E-state index in [1.807, 2.05) is 29.6 Å². The van der Waals surface area contributed by atoms with Gasteiger partial charge in [0, 0.05) is 30.9 Å². The van der Waals surface area contributed by atoms with Crippen LogP contribution in [0.1, 0.15) is 39.9 Å². The Morgan fingerprint density at radius 2 is 2.20 bits per heavy atom. The van der Waals surface area contributed by atoms with Crippen LogP contribution in [0, 0.1) is 5.92 Å². The van der Waals surface area contributed by atoms with E-state index in [-0.39, 0.29) is 11.9 Å². The van der Waals surface area contributed by atoms with Gasteiger partial charge < -0.3 is 10.1 Å². The number of nitrogens with one attached hydrogen (secondary N) is 1. The minimum Gasteiger partial charge on any atom is -0.497 e. The van der Waals surface area contributed by atoms with Gasteiger partial charge in [-0.2, -0.15) is 0 Å². The Bertz CT molecular complexity index is 949. The lowest BCUT2D eigenvalue weighted by atomic mass is 9.90. The Morgan fingerprint density at radius 1 is 1.27 bits per heavy atom. The van der Waals surface area contributed by atoms with Crippen LogP contribution < -0.4 is 10.1 Å². The van der Waals surface area contributed by atoms with Crippen molar-refractivity contribution in [1.29, 1.82) is 0 Å². The number of pyridine rings is 1. The lowest BCUT2D eigenvalue weighted by molar-refractivity contribution is 0.0873. The first-order valence-corrected chi connectivity index (χ1v) is 11.1. The van der Waals surface area contributed by atoms with Crippen LogP contribution in [-0.4, -0.2) is 41.0 Å². The first kappa shape index (κ1) is 20.5. The molecule has 0 radical (unpaired) electrons. The van der Waals surface area contributed by atoms with Crippen molar-refractivity contribution in [3.05, 3.63) is 76.5 Å². The molecular weight excluding hydrogens is 396 g/mol. The zero-order valence-electron chi connectivity index (χ0n) is 17.0. The SMILES string of the molecule is COc1cccc(CN2CCC[C@@H]([C@H](NC(=O)c3ccccn3)c3nccs3)C2)c1. The molecule has 1 fully saturated rings. The number of carbonyl (C=O) groups excluding carboxylic acids is 1. The molecule has 1 aromatic carbocycles. The molecule has 2 aromatic heterocycles. The van der Waals surface area contributed by atoms with Gasteiger partial charge in [0.05, 0.1) is 13.2 Å². The monoisotopic (exact) mass is 422 g/mol. The fourth-order valence-corrected chi connectivity index (χ4v) is 4.80. The second kappa shape index (κ2) is 9.82. The molecule has 0 spiro atoms. The summed E-state index contributed by atoms with van der Waals surface area (Å²) in [7, 11) is 1.69. The number of thiazole rings is 1. The zero-order valence-corrected chi connectivity index (χ0v) is 17.8. The highest BCUT2D eigenvalue weighted by Gasteiger charge is 2.31. The fraction of sp³-hybridized carbons (Fsp3) is 0.348. The van der Waals surface area contributed by atoms with E-state index < -0.39 is 0 Å². The summed E-state index contributed by atoms with van der Waals surface area (Å²) >= 11 is 1.59. The molecule has 7 heteroatoms. The number of amides is 1. The Kier molecular flexibility index (Phi) is 6.71. The molecule has 2 atom stereocenters. The van der Waals surface area contributed by atoms with Crippen molar-refractivity contribution in [2.45, 2.75) is 25.4 Å². The molecule has 1 saturated heterocycles. The van der Waals surface area contributed by atoms with Crippen LogP contribution in [0.2, 0.25) is 0 Å². The third-order valence-corrected chi connectivity index (χ3v) is 6.31. The molecule has 156 valence electrons. The van der Waals surface area contributed by atoms with Gasteiger partial charge in [0.25, 0.3) is 5.91 Å². The number of benzene rings is 1. The molecule has 3 heterocycles. The summed E-state index contributed by atoms with van der Waals surface area (Å²) in [5.41, 5.74) is 1.67. The summed E-state index contributed by atoms with van der Waals surface area (Å²) in [6.07, 6.45) is 5.60. The predicted molar refractivity (Wildman–Crippen MR) is 118 cm³/mol. The molecule has 0 saturated carbocycles. The smallest absolute Gasteiger partial charge is 0.270 e. The van der Waals surface area contributed by atoms with Crippen LogP contribution >= 0.6 is 11.3 Å². The number of rotatable bonds is 7. The van der Waals surface area contributed by atoms with Gasteiger partial charge in [-0.3, -0.25) is 14.7 Å². The molecule has 3 aromatic rings. The lowest BCUT2D eigenvalue weighted by Gasteiger charge is -2.36. The number of hydrogen-bond donors (Lipinski definition) is 1. The average Bonchev–Trinajstić information content (AvgIpc) is 3.33. The van der Waals surface area contributed by atoms with Crippen LogP contribution in [0.25, 0.3) is 0 Å². The van der Waals surface area contributed by atoms with E-state index in [4.69, 9.17) is 4.74 Å². The van der Waals surface area contributed by atoms with Crippen molar-refractivity contribution < 1.29 is 9.53 Å². The summed E-state index contributed by atoms with van der Waals surface area (Å²) in [6.45, 7) is 2.82. The van der Waals surface area contributed by atoms with Crippen molar-refractivity contribution in [1.82, 2.24) is 20.2 Å². The van der Waals surface area contributed by atoms with Gasteiger partial charge in [-0.1, -0.05) is 18.2 Å². The van der Waals surface area contributed by atoms with E-state index in [2.05, 4.69) is 32.3 Å². The first-order valence-electron chi connectivity index (χ1n) is 10.2. The number of hydrogen-bond acceptors (Lipinski definition) is 6. The first-order chi connectivity index (χ1) is 14.7. The Hall–Kier alpha value is -2.77. The summed E-state index contributed by atoms with van der Waals surface area (Å²) in [5, 5.41) is 6.12. The largest absolute Gasteiger partial charge is 0.497 e. The van der Waals surface area contributed by atoms with Gasteiger partial charge in [0.1, 0.15) is 16.5 Å². The summed E-state index contributed by atoms with van der Waals surface area (Å²) in [4.78, 5) is 24.0. The molecule has 4 rings (SSSR count). The molecule has 6 nitrogen and oxygen atoms in total. The number of ether oxygens (including phenoxy) is 1. The van der Waals surface area contributed by atoms with E-state index in [0.29, 0.717) is 11.6 Å². The van der Waals surface area contributed by atoms with Crippen LogP contribution in [0.4, 0.5) is 0 Å². The van der Waals surface area contributed by atoms with E-state index >= 15 is 0 Å². The van der Waals surface area contributed by atoms with E-state index in [1.54, 1.807) is 36.9 Å². The van der Waals surface area contributed by atoms with Crippen LogP contribution in [0.3, 0.4) is 0 Å². The van der Waals surface area contributed by atoms with Crippen molar-refractivity contribution >= 4 is 17.2 Å². The third kappa shape index (κ3) is 5.04. The van der Waals surface area contributed by atoms with Crippen LogP contribution in [-0.2, 0) is 6.54 Å². The number of methoxy groups -OCH3 is 1. The molecule has 30 heavy (non-hydrogen) atoms. The Balaban J connectivity index is 1.48. The second-order valence-corrected chi connectivity index (χ2v) is 8.45. The van der Waals surface area contributed by atoms with E-state index in [0.717, 1.165) is 43.2 Å². The molecule has 1 aliphatic heterocycles. The molecule has 0 unspecified atom stereocenters.